The molecule has 0 radical (unpaired) electrons. The molecule has 2 unspecified atom stereocenters. The van der Waals surface area contributed by atoms with Gasteiger partial charge in [-0.1, -0.05) is 40.5 Å². The van der Waals surface area contributed by atoms with Gasteiger partial charge >= 0.3 is 0 Å². The fourth-order valence-corrected chi connectivity index (χ4v) is 3.80. The van der Waals surface area contributed by atoms with Crippen LogP contribution in [0.25, 0.3) is 0 Å². The molecule has 19 heavy (non-hydrogen) atoms. The molecule has 2 nitrogen and oxygen atoms in total. The van der Waals surface area contributed by atoms with E-state index in [-0.39, 0.29) is 0 Å². The minimum atomic E-state index is 0.540. The maximum absolute atomic E-state index is 3.71. The Labute approximate surface area is 121 Å². The second-order valence-corrected chi connectivity index (χ2v) is 6.75. The van der Waals surface area contributed by atoms with Crippen LogP contribution < -0.4 is 5.32 Å². The minimum absolute atomic E-state index is 0.540. The highest BCUT2D eigenvalue weighted by atomic mass is 15.1. The number of nitrogens with zero attached hydrogens (tertiary/aromatic N) is 1. The van der Waals surface area contributed by atoms with Crippen LogP contribution in [0.2, 0.25) is 0 Å². The summed E-state index contributed by atoms with van der Waals surface area (Å²) in [5, 5.41) is 3.71. The summed E-state index contributed by atoms with van der Waals surface area (Å²) in [4.78, 5) is 2.67. The monoisotopic (exact) mass is 268 g/mol. The minimum Gasteiger partial charge on any atom is -0.316 e. The topological polar surface area (TPSA) is 15.3 Å². The molecule has 1 aliphatic rings. The standard InChI is InChI=1S/C17H36N2/c1-5-11-18-14-17(10-8-9-16(4)13-17)15-19(7-3)12-6-2/h16,18H,5-15H2,1-4H3. The number of hydrogen-bond acceptors (Lipinski definition) is 2. The molecule has 0 bridgehead atoms. The van der Waals surface area contributed by atoms with Gasteiger partial charge in [-0.2, -0.15) is 0 Å². The van der Waals surface area contributed by atoms with E-state index in [9.17, 15) is 0 Å². The first-order valence-corrected chi connectivity index (χ1v) is 8.59. The van der Waals surface area contributed by atoms with E-state index in [1.54, 1.807) is 0 Å². The van der Waals surface area contributed by atoms with Crippen molar-refractivity contribution in [3.05, 3.63) is 0 Å². The molecule has 1 rings (SSSR count). The van der Waals surface area contributed by atoms with Crippen molar-refractivity contribution in [2.75, 3.05) is 32.7 Å². The molecule has 0 heterocycles. The molecule has 2 heteroatoms. The van der Waals surface area contributed by atoms with Crippen LogP contribution in [0.3, 0.4) is 0 Å². The van der Waals surface area contributed by atoms with Gasteiger partial charge in [0.15, 0.2) is 0 Å². The molecule has 2 atom stereocenters. The van der Waals surface area contributed by atoms with Crippen LogP contribution in [0.1, 0.15) is 66.2 Å². The maximum atomic E-state index is 3.71. The molecular formula is C17H36N2. The van der Waals surface area contributed by atoms with E-state index in [1.165, 1.54) is 71.2 Å². The molecular weight excluding hydrogens is 232 g/mol. The van der Waals surface area contributed by atoms with E-state index >= 15 is 0 Å². The lowest BCUT2D eigenvalue weighted by atomic mass is 9.69. The Morgan fingerprint density at radius 3 is 2.58 bits per heavy atom. The Kier molecular flexibility index (Phi) is 8.01. The largest absolute Gasteiger partial charge is 0.316 e. The van der Waals surface area contributed by atoms with Gasteiger partial charge in [-0.25, -0.2) is 0 Å². The summed E-state index contributed by atoms with van der Waals surface area (Å²) in [5.41, 5.74) is 0.540. The summed E-state index contributed by atoms with van der Waals surface area (Å²) >= 11 is 0. The third-order valence-corrected chi connectivity index (χ3v) is 4.66. The second kappa shape index (κ2) is 8.97. The molecule has 0 aliphatic heterocycles. The Morgan fingerprint density at radius 1 is 1.21 bits per heavy atom. The summed E-state index contributed by atoms with van der Waals surface area (Å²) in [5.74, 6) is 0.914. The van der Waals surface area contributed by atoms with Crippen molar-refractivity contribution in [3.8, 4) is 0 Å². The van der Waals surface area contributed by atoms with Gasteiger partial charge < -0.3 is 10.2 Å². The first kappa shape index (κ1) is 17.0. The van der Waals surface area contributed by atoms with Gasteiger partial charge in [0, 0.05) is 13.1 Å². The predicted molar refractivity (Wildman–Crippen MR) is 85.6 cm³/mol. The lowest BCUT2D eigenvalue weighted by Gasteiger charge is -2.43. The molecule has 0 spiro atoms. The lowest BCUT2D eigenvalue weighted by Crippen LogP contribution is -2.47. The summed E-state index contributed by atoms with van der Waals surface area (Å²) in [6.45, 7) is 15.5. The smallest absolute Gasteiger partial charge is 0.00501 e. The Balaban J connectivity index is 2.61. The molecule has 0 aromatic carbocycles. The van der Waals surface area contributed by atoms with E-state index in [0.29, 0.717) is 5.41 Å². The van der Waals surface area contributed by atoms with E-state index in [4.69, 9.17) is 0 Å². The van der Waals surface area contributed by atoms with E-state index in [2.05, 4.69) is 37.9 Å². The van der Waals surface area contributed by atoms with Crippen LogP contribution >= 0.6 is 0 Å². The van der Waals surface area contributed by atoms with Crippen LogP contribution in [0.4, 0.5) is 0 Å². The van der Waals surface area contributed by atoms with Gasteiger partial charge in [-0.3, -0.25) is 0 Å². The first-order valence-electron chi connectivity index (χ1n) is 8.59. The van der Waals surface area contributed by atoms with Crippen LogP contribution in [0.15, 0.2) is 0 Å². The highest BCUT2D eigenvalue weighted by molar-refractivity contribution is 4.89. The third kappa shape index (κ3) is 5.83. The summed E-state index contributed by atoms with van der Waals surface area (Å²) in [7, 11) is 0. The zero-order chi connectivity index (χ0) is 14.1. The summed E-state index contributed by atoms with van der Waals surface area (Å²) in [6.07, 6.45) is 8.24. The molecule has 1 saturated carbocycles. The summed E-state index contributed by atoms with van der Waals surface area (Å²) in [6, 6.07) is 0. The molecule has 1 N–H and O–H groups in total. The zero-order valence-corrected chi connectivity index (χ0v) is 13.8. The fraction of sp³-hybridized carbons (Fsp3) is 1.00. The lowest BCUT2D eigenvalue weighted by molar-refractivity contribution is 0.0825. The van der Waals surface area contributed by atoms with Crippen molar-refractivity contribution in [2.45, 2.75) is 66.2 Å². The van der Waals surface area contributed by atoms with Gasteiger partial charge in [0.1, 0.15) is 0 Å². The molecule has 0 aromatic heterocycles. The zero-order valence-electron chi connectivity index (χ0n) is 13.8. The van der Waals surface area contributed by atoms with Gasteiger partial charge in [-0.05, 0) is 56.7 Å². The highest BCUT2D eigenvalue weighted by Gasteiger charge is 2.35. The van der Waals surface area contributed by atoms with Crippen molar-refractivity contribution in [1.82, 2.24) is 10.2 Å². The van der Waals surface area contributed by atoms with E-state index < -0.39 is 0 Å². The number of rotatable bonds is 9. The average Bonchev–Trinajstić information content (AvgIpc) is 2.38. The Morgan fingerprint density at radius 2 is 2.00 bits per heavy atom. The van der Waals surface area contributed by atoms with Crippen molar-refractivity contribution in [1.29, 1.82) is 0 Å². The quantitative estimate of drug-likeness (QED) is 0.638. The molecule has 1 fully saturated rings. The SMILES string of the molecule is CCCNCC1(CN(CC)CCC)CCCC(C)C1. The number of hydrogen-bond donors (Lipinski definition) is 1. The average molecular weight is 268 g/mol. The van der Waals surface area contributed by atoms with Gasteiger partial charge in [0.05, 0.1) is 0 Å². The normalized spacial score (nSPS) is 27.9. The van der Waals surface area contributed by atoms with E-state index in [0.717, 1.165) is 5.92 Å². The predicted octanol–water partition coefficient (Wildman–Crippen LogP) is 3.91. The Bertz CT molecular complexity index is 229. The maximum Gasteiger partial charge on any atom is 0.00501 e. The second-order valence-electron chi connectivity index (χ2n) is 6.75. The van der Waals surface area contributed by atoms with Gasteiger partial charge in [-0.15, -0.1) is 0 Å². The molecule has 1 aliphatic carbocycles. The van der Waals surface area contributed by atoms with Gasteiger partial charge in [0.2, 0.25) is 0 Å². The third-order valence-electron chi connectivity index (χ3n) is 4.66. The Hall–Kier alpha value is -0.0800. The molecule has 0 aromatic rings. The van der Waals surface area contributed by atoms with Crippen molar-refractivity contribution >= 4 is 0 Å². The van der Waals surface area contributed by atoms with Crippen molar-refractivity contribution in [3.63, 3.8) is 0 Å². The highest BCUT2D eigenvalue weighted by Crippen LogP contribution is 2.39. The van der Waals surface area contributed by atoms with Crippen LogP contribution in [-0.2, 0) is 0 Å². The van der Waals surface area contributed by atoms with Gasteiger partial charge in [0.25, 0.3) is 0 Å². The number of nitrogens with one attached hydrogen (secondary N) is 1. The van der Waals surface area contributed by atoms with Crippen molar-refractivity contribution in [2.24, 2.45) is 11.3 Å². The van der Waals surface area contributed by atoms with Crippen LogP contribution in [0, 0.1) is 11.3 Å². The molecule has 0 saturated heterocycles. The first-order chi connectivity index (χ1) is 9.15. The summed E-state index contributed by atoms with van der Waals surface area (Å²) < 4.78 is 0. The van der Waals surface area contributed by atoms with E-state index in [1.807, 2.05) is 0 Å². The van der Waals surface area contributed by atoms with Crippen LogP contribution in [0.5, 0.6) is 0 Å². The van der Waals surface area contributed by atoms with Crippen LogP contribution in [-0.4, -0.2) is 37.6 Å². The van der Waals surface area contributed by atoms with Crippen molar-refractivity contribution < 1.29 is 0 Å². The molecule has 0 amide bonds. The molecule has 114 valence electrons. The fourth-order valence-electron chi connectivity index (χ4n) is 3.80.